The Bertz CT molecular complexity index is 1120. The van der Waals surface area contributed by atoms with Crippen molar-refractivity contribution < 1.29 is 14.3 Å². The fourth-order valence-electron chi connectivity index (χ4n) is 4.02. The summed E-state index contributed by atoms with van der Waals surface area (Å²) in [7, 11) is 0. The van der Waals surface area contributed by atoms with Crippen LogP contribution in [0.25, 0.3) is 16.6 Å². The lowest BCUT2D eigenvalue weighted by atomic mass is 10.1. The van der Waals surface area contributed by atoms with Crippen LogP contribution in [0.2, 0.25) is 0 Å². The van der Waals surface area contributed by atoms with E-state index in [1.807, 2.05) is 19.1 Å². The summed E-state index contributed by atoms with van der Waals surface area (Å²) in [6.07, 6.45) is 4.28. The number of nitrogens with one attached hydrogen (secondary N) is 1. The maximum Gasteiger partial charge on any atom is 0.351 e. The zero-order valence-electron chi connectivity index (χ0n) is 15.0. The molecule has 1 amide bonds. The second kappa shape index (κ2) is 6.00. The van der Waals surface area contributed by atoms with Crippen LogP contribution in [0.3, 0.4) is 0 Å². The second-order valence-corrected chi connectivity index (χ2v) is 7.24. The molecule has 0 bridgehead atoms. The summed E-state index contributed by atoms with van der Waals surface area (Å²) in [5, 5.41) is 8.27. The minimum absolute atomic E-state index is 0.0809. The van der Waals surface area contributed by atoms with Gasteiger partial charge in [-0.15, -0.1) is 5.10 Å². The van der Waals surface area contributed by atoms with E-state index in [-0.39, 0.29) is 31.0 Å². The van der Waals surface area contributed by atoms with Gasteiger partial charge in [0.1, 0.15) is 6.54 Å². The summed E-state index contributed by atoms with van der Waals surface area (Å²) in [6, 6.07) is 5.83. The van der Waals surface area contributed by atoms with Crippen LogP contribution >= 0.6 is 0 Å². The van der Waals surface area contributed by atoms with Crippen LogP contribution in [-0.4, -0.2) is 32.9 Å². The molecule has 1 N–H and O–H groups in total. The van der Waals surface area contributed by atoms with E-state index in [0.29, 0.717) is 22.7 Å². The largest absolute Gasteiger partial charge is 0.454 e. The minimum Gasteiger partial charge on any atom is -0.454 e. The lowest BCUT2D eigenvalue weighted by Crippen LogP contribution is -2.37. The number of hydrogen-bond donors (Lipinski definition) is 1. The van der Waals surface area contributed by atoms with Crippen molar-refractivity contribution in [2.75, 3.05) is 6.79 Å². The van der Waals surface area contributed by atoms with E-state index in [1.165, 1.54) is 9.08 Å². The number of benzene rings is 1. The van der Waals surface area contributed by atoms with Crippen LogP contribution < -0.4 is 20.5 Å². The van der Waals surface area contributed by atoms with Gasteiger partial charge < -0.3 is 14.8 Å². The van der Waals surface area contributed by atoms with Gasteiger partial charge in [-0.2, -0.15) is 0 Å². The average molecular weight is 368 g/mol. The van der Waals surface area contributed by atoms with Crippen LogP contribution in [-0.2, 0) is 11.3 Å². The fourth-order valence-corrected chi connectivity index (χ4v) is 4.02. The molecule has 8 heteroatoms. The van der Waals surface area contributed by atoms with Crippen molar-refractivity contribution in [3.63, 3.8) is 0 Å². The summed E-state index contributed by atoms with van der Waals surface area (Å²) in [5.74, 6) is 1.09. The number of carbonyl (C=O) groups is 1. The van der Waals surface area contributed by atoms with E-state index in [1.54, 1.807) is 6.07 Å². The molecule has 0 atom stereocenters. The maximum absolute atomic E-state index is 13.0. The number of pyridine rings is 1. The Kier molecular flexibility index (Phi) is 3.60. The smallest absolute Gasteiger partial charge is 0.351 e. The molecule has 0 saturated heterocycles. The number of rotatable bonds is 3. The molecular weight excluding hydrogens is 348 g/mol. The highest BCUT2D eigenvalue weighted by atomic mass is 16.7. The molecule has 1 aromatic carbocycles. The van der Waals surface area contributed by atoms with Gasteiger partial charge in [-0.1, -0.05) is 12.8 Å². The molecule has 27 heavy (non-hydrogen) atoms. The molecule has 2 aliphatic rings. The minimum atomic E-state index is -0.334. The number of amides is 1. The Morgan fingerprint density at radius 2 is 1.96 bits per heavy atom. The molecular formula is C19H20N4O4. The molecule has 1 aliphatic heterocycles. The third-order valence-electron chi connectivity index (χ3n) is 5.34. The first-order valence-electron chi connectivity index (χ1n) is 9.22. The standard InChI is InChI=1S/C19H20N4O4/c1-11-6-12-7-15-16(27-10-26-15)8-14(12)23-18(11)21-22(19(23)25)9-17(24)20-13-4-2-3-5-13/h6-8,13H,2-5,9-10H2,1H3,(H,20,24). The summed E-state index contributed by atoms with van der Waals surface area (Å²) < 4.78 is 13.6. The van der Waals surface area contributed by atoms with Crippen molar-refractivity contribution in [2.24, 2.45) is 0 Å². The molecule has 0 radical (unpaired) electrons. The Morgan fingerprint density at radius 3 is 2.74 bits per heavy atom. The van der Waals surface area contributed by atoms with Gasteiger partial charge in [0.15, 0.2) is 17.1 Å². The first kappa shape index (κ1) is 16.2. The van der Waals surface area contributed by atoms with Crippen LogP contribution in [0, 0.1) is 6.92 Å². The van der Waals surface area contributed by atoms with Crippen LogP contribution in [0.5, 0.6) is 11.5 Å². The molecule has 0 spiro atoms. The fraction of sp³-hybridized carbons (Fsp3) is 0.421. The van der Waals surface area contributed by atoms with Gasteiger partial charge >= 0.3 is 5.69 Å². The number of nitrogens with zero attached hydrogens (tertiary/aromatic N) is 3. The Balaban J connectivity index is 1.57. The van der Waals surface area contributed by atoms with Gasteiger partial charge in [0, 0.05) is 17.5 Å². The van der Waals surface area contributed by atoms with Crippen LogP contribution in [0.4, 0.5) is 0 Å². The Morgan fingerprint density at radius 1 is 1.22 bits per heavy atom. The molecule has 1 aliphatic carbocycles. The van der Waals surface area contributed by atoms with Gasteiger partial charge in [-0.25, -0.2) is 13.9 Å². The van der Waals surface area contributed by atoms with Crippen LogP contribution in [0.15, 0.2) is 23.0 Å². The number of hydrogen-bond acceptors (Lipinski definition) is 5. The number of ether oxygens (including phenoxy) is 2. The van der Waals surface area contributed by atoms with E-state index >= 15 is 0 Å². The molecule has 0 unspecified atom stereocenters. The lowest BCUT2D eigenvalue weighted by Gasteiger charge is -2.11. The highest BCUT2D eigenvalue weighted by Crippen LogP contribution is 2.36. The summed E-state index contributed by atoms with van der Waals surface area (Å²) in [4.78, 5) is 25.3. The van der Waals surface area contributed by atoms with Gasteiger partial charge in [-0.3, -0.25) is 4.79 Å². The number of aryl methyl sites for hydroxylation is 1. The van der Waals surface area contributed by atoms with Crippen molar-refractivity contribution in [1.29, 1.82) is 0 Å². The molecule has 8 nitrogen and oxygen atoms in total. The zero-order chi connectivity index (χ0) is 18.5. The van der Waals surface area contributed by atoms with Crippen LogP contribution in [0.1, 0.15) is 31.2 Å². The van der Waals surface area contributed by atoms with Crippen molar-refractivity contribution in [3.8, 4) is 11.5 Å². The van der Waals surface area contributed by atoms with Crippen molar-refractivity contribution in [3.05, 3.63) is 34.2 Å². The summed E-state index contributed by atoms with van der Waals surface area (Å²) in [5.41, 5.74) is 1.75. The zero-order valence-corrected chi connectivity index (χ0v) is 15.0. The number of aromatic nitrogens is 3. The normalized spacial score (nSPS) is 16.5. The van der Waals surface area contributed by atoms with E-state index in [9.17, 15) is 9.59 Å². The molecule has 1 saturated carbocycles. The van der Waals surface area contributed by atoms with Gasteiger partial charge in [0.05, 0.1) is 5.52 Å². The van der Waals surface area contributed by atoms with Crippen molar-refractivity contribution in [1.82, 2.24) is 19.5 Å². The monoisotopic (exact) mass is 368 g/mol. The van der Waals surface area contributed by atoms with E-state index < -0.39 is 0 Å². The van der Waals surface area contributed by atoms with E-state index in [2.05, 4.69) is 10.4 Å². The van der Waals surface area contributed by atoms with Gasteiger partial charge in [-0.05, 0) is 37.5 Å². The quantitative estimate of drug-likeness (QED) is 0.761. The van der Waals surface area contributed by atoms with Gasteiger partial charge in [0.25, 0.3) is 0 Å². The van der Waals surface area contributed by atoms with Crippen molar-refractivity contribution >= 4 is 22.5 Å². The van der Waals surface area contributed by atoms with Crippen molar-refractivity contribution in [2.45, 2.75) is 45.2 Å². The Labute approximate surface area is 154 Å². The molecule has 140 valence electrons. The topological polar surface area (TPSA) is 86.9 Å². The average Bonchev–Trinajstić information content (AvgIpc) is 3.35. The predicted molar refractivity (Wildman–Crippen MR) is 98.2 cm³/mol. The van der Waals surface area contributed by atoms with E-state index in [4.69, 9.17) is 9.47 Å². The third-order valence-corrected chi connectivity index (χ3v) is 5.34. The Hall–Kier alpha value is -3.03. The second-order valence-electron chi connectivity index (χ2n) is 7.24. The lowest BCUT2D eigenvalue weighted by molar-refractivity contribution is -0.122. The number of carbonyl (C=O) groups excluding carboxylic acids is 1. The number of fused-ring (bicyclic) bond motifs is 4. The molecule has 2 aromatic heterocycles. The molecule has 1 fully saturated rings. The summed E-state index contributed by atoms with van der Waals surface area (Å²) >= 11 is 0. The first-order chi connectivity index (χ1) is 13.1. The predicted octanol–water partition coefficient (Wildman–Crippen LogP) is 1.75. The highest BCUT2D eigenvalue weighted by Gasteiger charge is 2.21. The SMILES string of the molecule is Cc1cc2cc3c(cc2n2c(=O)n(CC(=O)NC4CCCC4)nc12)OCO3. The van der Waals surface area contributed by atoms with Gasteiger partial charge in [0.2, 0.25) is 12.7 Å². The molecule has 5 rings (SSSR count). The third kappa shape index (κ3) is 2.63. The summed E-state index contributed by atoms with van der Waals surface area (Å²) in [6.45, 7) is 1.99. The molecule has 3 aromatic rings. The molecule has 3 heterocycles. The highest BCUT2D eigenvalue weighted by molar-refractivity contribution is 5.87. The van der Waals surface area contributed by atoms with E-state index in [0.717, 1.165) is 36.6 Å². The maximum atomic E-state index is 13.0. The first-order valence-corrected chi connectivity index (χ1v) is 9.22.